The molecule has 0 radical (unpaired) electrons. The SMILES string of the molecule is CCN(CCNCCC(=O)NC(C)C)C1CC1. The lowest BCUT2D eigenvalue weighted by molar-refractivity contribution is -0.121. The summed E-state index contributed by atoms with van der Waals surface area (Å²) >= 11 is 0. The molecule has 0 aromatic rings. The lowest BCUT2D eigenvalue weighted by atomic mass is 10.3. The Balaban J connectivity index is 1.94. The fourth-order valence-electron chi connectivity index (χ4n) is 1.98. The maximum Gasteiger partial charge on any atom is 0.221 e. The minimum Gasteiger partial charge on any atom is -0.354 e. The zero-order chi connectivity index (χ0) is 12.7. The molecule has 0 atom stereocenters. The number of amides is 1. The van der Waals surface area contributed by atoms with E-state index < -0.39 is 0 Å². The summed E-state index contributed by atoms with van der Waals surface area (Å²) < 4.78 is 0. The third-order valence-corrected chi connectivity index (χ3v) is 3.02. The number of carbonyl (C=O) groups is 1. The van der Waals surface area contributed by atoms with Crippen molar-refractivity contribution in [2.45, 2.75) is 52.1 Å². The monoisotopic (exact) mass is 241 g/mol. The number of carbonyl (C=O) groups excluding carboxylic acids is 1. The quantitative estimate of drug-likeness (QED) is 0.591. The molecular formula is C13H27N3O. The predicted molar refractivity (Wildman–Crippen MR) is 71.0 cm³/mol. The lowest BCUT2D eigenvalue weighted by Crippen LogP contribution is -2.36. The van der Waals surface area contributed by atoms with E-state index in [4.69, 9.17) is 0 Å². The van der Waals surface area contributed by atoms with Crippen molar-refractivity contribution in [1.29, 1.82) is 0 Å². The molecule has 0 saturated heterocycles. The number of hydrogen-bond donors (Lipinski definition) is 2. The first kappa shape index (κ1) is 14.5. The second-order valence-corrected chi connectivity index (χ2v) is 5.08. The van der Waals surface area contributed by atoms with Crippen molar-refractivity contribution in [3.05, 3.63) is 0 Å². The van der Waals surface area contributed by atoms with Gasteiger partial charge < -0.3 is 10.6 Å². The van der Waals surface area contributed by atoms with Crippen LogP contribution in [0.4, 0.5) is 0 Å². The zero-order valence-corrected chi connectivity index (χ0v) is 11.5. The van der Waals surface area contributed by atoms with Crippen molar-refractivity contribution < 1.29 is 4.79 Å². The van der Waals surface area contributed by atoms with Gasteiger partial charge in [-0.2, -0.15) is 0 Å². The van der Waals surface area contributed by atoms with Crippen LogP contribution in [0.3, 0.4) is 0 Å². The van der Waals surface area contributed by atoms with Gasteiger partial charge in [0.2, 0.25) is 5.91 Å². The highest BCUT2D eigenvalue weighted by atomic mass is 16.1. The van der Waals surface area contributed by atoms with Gasteiger partial charge in [-0.3, -0.25) is 9.69 Å². The molecule has 17 heavy (non-hydrogen) atoms. The Morgan fingerprint density at radius 2 is 2.06 bits per heavy atom. The smallest absolute Gasteiger partial charge is 0.221 e. The molecule has 1 rings (SSSR count). The maximum absolute atomic E-state index is 11.4. The molecule has 100 valence electrons. The first-order valence-electron chi connectivity index (χ1n) is 6.87. The van der Waals surface area contributed by atoms with E-state index in [0.717, 1.165) is 32.2 Å². The van der Waals surface area contributed by atoms with Crippen molar-refractivity contribution in [2.24, 2.45) is 0 Å². The number of rotatable bonds is 9. The van der Waals surface area contributed by atoms with Crippen LogP contribution in [0.5, 0.6) is 0 Å². The van der Waals surface area contributed by atoms with Crippen molar-refractivity contribution in [3.8, 4) is 0 Å². The van der Waals surface area contributed by atoms with Crippen LogP contribution in [0.1, 0.15) is 40.0 Å². The Kier molecular flexibility index (Phi) is 6.52. The van der Waals surface area contributed by atoms with Crippen molar-refractivity contribution in [1.82, 2.24) is 15.5 Å². The molecule has 0 heterocycles. The van der Waals surface area contributed by atoms with Gasteiger partial charge in [0.25, 0.3) is 0 Å². The van der Waals surface area contributed by atoms with Crippen LogP contribution in [0.15, 0.2) is 0 Å². The van der Waals surface area contributed by atoms with Crippen LogP contribution >= 0.6 is 0 Å². The molecule has 1 aliphatic rings. The van der Waals surface area contributed by atoms with Crippen LogP contribution in [0.25, 0.3) is 0 Å². The summed E-state index contributed by atoms with van der Waals surface area (Å²) in [5.41, 5.74) is 0. The molecule has 0 spiro atoms. The van der Waals surface area contributed by atoms with Crippen molar-refractivity contribution >= 4 is 5.91 Å². The fraction of sp³-hybridized carbons (Fsp3) is 0.923. The summed E-state index contributed by atoms with van der Waals surface area (Å²) in [7, 11) is 0. The molecular weight excluding hydrogens is 214 g/mol. The number of nitrogens with zero attached hydrogens (tertiary/aromatic N) is 1. The second-order valence-electron chi connectivity index (χ2n) is 5.08. The van der Waals surface area contributed by atoms with Gasteiger partial charge in [0.15, 0.2) is 0 Å². The second kappa shape index (κ2) is 7.67. The first-order chi connectivity index (χ1) is 8.13. The van der Waals surface area contributed by atoms with E-state index >= 15 is 0 Å². The topological polar surface area (TPSA) is 44.4 Å². The normalized spacial score (nSPS) is 15.6. The molecule has 1 aliphatic carbocycles. The molecule has 4 nitrogen and oxygen atoms in total. The van der Waals surface area contributed by atoms with Gasteiger partial charge in [-0.25, -0.2) is 0 Å². The number of hydrogen-bond acceptors (Lipinski definition) is 3. The lowest BCUT2D eigenvalue weighted by Gasteiger charge is -2.19. The van der Waals surface area contributed by atoms with Gasteiger partial charge in [-0.05, 0) is 33.2 Å². The third-order valence-electron chi connectivity index (χ3n) is 3.02. The highest BCUT2D eigenvalue weighted by molar-refractivity contribution is 5.76. The molecule has 0 bridgehead atoms. The van der Waals surface area contributed by atoms with E-state index in [2.05, 4.69) is 22.5 Å². The average Bonchev–Trinajstić information content (AvgIpc) is 3.06. The van der Waals surface area contributed by atoms with E-state index in [1.807, 2.05) is 13.8 Å². The molecule has 1 saturated carbocycles. The summed E-state index contributed by atoms with van der Waals surface area (Å²) in [5.74, 6) is 0.141. The van der Waals surface area contributed by atoms with Crippen LogP contribution in [-0.2, 0) is 4.79 Å². The van der Waals surface area contributed by atoms with E-state index in [9.17, 15) is 4.79 Å². The van der Waals surface area contributed by atoms with Gasteiger partial charge in [-0.15, -0.1) is 0 Å². The largest absolute Gasteiger partial charge is 0.354 e. The summed E-state index contributed by atoms with van der Waals surface area (Å²) in [6.07, 6.45) is 3.31. The molecule has 0 aromatic heterocycles. The summed E-state index contributed by atoms with van der Waals surface area (Å²) in [5, 5.41) is 6.23. The van der Waals surface area contributed by atoms with Gasteiger partial charge in [0.1, 0.15) is 0 Å². The maximum atomic E-state index is 11.4. The van der Waals surface area contributed by atoms with Crippen molar-refractivity contribution in [3.63, 3.8) is 0 Å². The average molecular weight is 241 g/mol. The van der Waals surface area contributed by atoms with Gasteiger partial charge in [0.05, 0.1) is 0 Å². The first-order valence-corrected chi connectivity index (χ1v) is 6.87. The van der Waals surface area contributed by atoms with Crippen molar-refractivity contribution in [2.75, 3.05) is 26.2 Å². The van der Waals surface area contributed by atoms with E-state index in [-0.39, 0.29) is 11.9 Å². The van der Waals surface area contributed by atoms with Crippen LogP contribution in [0, 0.1) is 0 Å². The minimum atomic E-state index is 0.141. The van der Waals surface area contributed by atoms with Crippen LogP contribution < -0.4 is 10.6 Å². The van der Waals surface area contributed by atoms with E-state index in [1.54, 1.807) is 0 Å². The van der Waals surface area contributed by atoms with Gasteiger partial charge in [-0.1, -0.05) is 6.92 Å². The molecule has 1 amide bonds. The molecule has 0 unspecified atom stereocenters. The third kappa shape index (κ3) is 6.64. The standard InChI is InChI=1S/C13H27N3O/c1-4-16(12-5-6-12)10-9-14-8-7-13(17)15-11(2)3/h11-12,14H,4-10H2,1-3H3,(H,15,17). The Labute approximate surface area is 105 Å². The minimum absolute atomic E-state index is 0.141. The van der Waals surface area contributed by atoms with Gasteiger partial charge in [0, 0.05) is 38.1 Å². The Bertz CT molecular complexity index is 227. The summed E-state index contributed by atoms with van der Waals surface area (Å²) in [6.45, 7) is 10.2. The highest BCUT2D eigenvalue weighted by Gasteiger charge is 2.26. The summed E-state index contributed by atoms with van der Waals surface area (Å²) in [6, 6.07) is 1.08. The zero-order valence-electron chi connectivity index (χ0n) is 11.5. The molecule has 4 heteroatoms. The molecule has 0 aliphatic heterocycles. The fourth-order valence-corrected chi connectivity index (χ4v) is 1.98. The van der Waals surface area contributed by atoms with E-state index in [1.165, 1.54) is 12.8 Å². The molecule has 2 N–H and O–H groups in total. The van der Waals surface area contributed by atoms with Crippen LogP contribution in [0.2, 0.25) is 0 Å². The Morgan fingerprint density at radius 1 is 1.35 bits per heavy atom. The summed E-state index contributed by atoms with van der Waals surface area (Å²) in [4.78, 5) is 13.9. The van der Waals surface area contributed by atoms with Crippen LogP contribution in [-0.4, -0.2) is 49.1 Å². The molecule has 0 aromatic carbocycles. The number of likely N-dealkylation sites (N-methyl/N-ethyl adjacent to an activating group) is 1. The Morgan fingerprint density at radius 3 is 2.59 bits per heavy atom. The molecule has 1 fully saturated rings. The highest BCUT2D eigenvalue weighted by Crippen LogP contribution is 2.25. The predicted octanol–water partition coefficient (Wildman–Crippen LogP) is 0.975. The van der Waals surface area contributed by atoms with E-state index in [0.29, 0.717) is 6.42 Å². The van der Waals surface area contributed by atoms with Gasteiger partial charge >= 0.3 is 0 Å². The number of nitrogens with one attached hydrogen (secondary N) is 2. The Hall–Kier alpha value is -0.610.